The molecule has 4 heteroatoms. The molecule has 2 aromatic rings. The van der Waals surface area contributed by atoms with E-state index in [0.29, 0.717) is 17.4 Å². The lowest BCUT2D eigenvalue weighted by Crippen LogP contribution is -2.30. The van der Waals surface area contributed by atoms with E-state index < -0.39 is 0 Å². The molecule has 0 bridgehead atoms. The minimum absolute atomic E-state index is 0.0423. The zero-order valence-corrected chi connectivity index (χ0v) is 11.3. The predicted molar refractivity (Wildman–Crippen MR) is 79.6 cm³/mol. The van der Waals surface area contributed by atoms with Crippen LogP contribution in [0.5, 0.6) is 5.75 Å². The number of fused-ring (bicyclic) bond motifs is 1. The van der Waals surface area contributed by atoms with Crippen LogP contribution in [0.25, 0.3) is 10.8 Å². The lowest BCUT2D eigenvalue weighted by molar-refractivity contribution is -0.123. The molecule has 20 heavy (non-hydrogen) atoms. The Balaban J connectivity index is 1.67. The highest BCUT2D eigenvalue weighted by Gasteiger charge is 2.21. The number of nitrogens with one attached hydrogen (secondary N) is 1. The highest BCUT2D eigenvalue weighted by molar-refractivity contribution is 5.97. The molecule has 1 fully saturated rings. The summed E-state index contributed by atoms with van der Waals surface area (Å²) in [4.78, 5) is 11.7. The second-order valence-corrected chi connectivity index (χ2v) is 5.23. The quantitative estimate of drug-likeness (QED) is 0.820. The van der Waals surface area contributed by atoms with E-state index in [9.17, 15) is 4.79 Å². The van der Waals surface area contributed by atoms with Gasteiger partial charge in [-0.15, -0.1) is 0 Å². The van der Waals surface area contributed by atoms with Gasteiger partial charge >= 0.3 is 0 Å². The van der Waals surface area contributed by atoms with E-state index in [4.69, 9.17) is 10.5 Å². The van der Waals surface area contributed by atoms with Gasteiger partial charge < -0.3 is 15.8 Å². The van der Waals surface area contributed by atoms with Gasteiger partial charge in [-0.05, 0) is 30.9 Å². The molecule has 0 aromatic heterocycles. The number of nitrogen functional groups attached to an aromatic ring is 1. The number of nitrogens with two attached hydrogens (primary N) is 1. The third kappa shape index (κ3) is 2.85. The van der Waals surface area contributed by atoms with Crippen molar-refractivity contribution in [3.8, 4) is 5.75 Å². The Hall–Kier alpha value is -2.23. The average molecular weight is 270 g/mol. The molecule has 1 aliphatic carbocycles. The summed E-state index contributed by atoms with van der Waals surface area (Å²) in [5.41, 5.74) is 6.65. The van der Waals surface area contributed by atoms with Crippen molar-refractivity contribution in [2.24, 2.45) is 5.92 Å². The largest absolute Gasteiger partial charge is 0.483 e. The van der Waals surface area contributed by atoms with E-state index in [-0.39, 0.29) is 12.5 Å². The third-order valence-corrected chi connectivity index (χ3v) is 3.56. The van der Waals surface area contributed by atoms with Gasteiger partial charge in [0.25, 0.3) is 5.91 Å². The molecule has 1 aliphatic rings. The first-order valence-electron chi connectivity index (χ1n) is 6.91. The van der Waals surface area contributed by atoms with Crippen molar-refractivity contribution in [1.29, 1.82) is 0 Å². The van der Waals surface area contributed by atoms with E-state index in [1.807, 2.05) is 30.3 Å². The summed E-state index contributed by atoms with van der Waals surface area (Å²) >= 11 is 0. The fraction of sp³-hybridized carbons (Fsp3) is 0.312. The number of rotatable bonds is 5. The predicted octanol–water partition coefficient (Wildman–Crippen LogP) is 2.33. The monoisotopic (exact) mass is 270 g/mol. The second-order valence-electron chi connectivity index (χ2n) is 5.23. The summed E-state index contributed by atoms with van der Waals surface area (Å²) in [5.74, 6) is 1.30. The first-order valence-corrected chi connectivity index (χ1v) is 6.91. The number of anilines is 1. The van der Waals surface area contributed by atoms with Crippen molar-refractivity contribution in [1.82, 2.24) is 5.32 Å². The van der Waals surface area contributed by atoms with Crippen LogP contribution in [0.3, 0.4) is 0 Å². The standard InChI is InChI=1S/C16H18N2O2/c17-14-7-8-15(13-4-2-1-3-12(13)14)20-10-16(19)18-9-11-5-6-11/h1-4,7-8,11H,5-6,9-10,17H2,(H,18,19). The third-order valence-electron chi connectivity index (χ3n) is 3.56. The molecule has 3 rings (SSSR count). The fourth-order valence-electron chi connectivity index (χ4n) is 2.20. The molecule has 0 unspecified atom stereocenters. The molecule has 0 spiro atoms. The van der Waals surface area contributed by atoms with Gasteiger partial charge in [-0.25, -0.2) is 0 Å². The molecule has 104 valence electrons. The van der Waals surface area contributed by atoms with Gasteiger partial charge in [0.2, 0.25) is 0 Å². The van der Waals surface area contributed by atoms with Crippen molar-refractivity contribution in [2.75, 3.05) is 18.9 Å². The molecule has 0 saturated heterocycles. The normalized spacial score (nSPS) is 14.2. The number of ether oxygens (including phenoxy) is 1. The summed E-state index contributed by atoms with van der Waals surface area (Å²) < 4.78 is 5.62. The topological polar surface area (TPSA) is 64.3 Å². The minimum Gasteiger partial charge on any atom is -0.483 e. The lowest BCUT2D eigenvalue weighted by Gasteiger charge is -2.11. The van der Waals surface area contributed by atoms with Crippen molar-refractivity contribution in [2.45, 2.75) is 12.8 Å². The molecule has 3 N–H and O–H groups in total. The maximum Gasteiger partial charge on any atom is 0.257 e. The van der Waals surface area contributed by atoms with Crippen LogP contribution in [0.15, 0.2) is 36.4 Å². The van der Waals surface area contributed by atoms with Crippen molar-refractivity contribution < 1.29 is 9.53 Å². The molecule has 0 aliphatic heterocycles. The summed E-state index contributed by atoms with van der Waals surface area (Å²) in [6, 6.07) is 11.4. The van der Waals surface area contributed by atoms with Crippen LogP contribution >= 0.6 is 0 Å². The molecule has 0 radical (unpaired) electrons. The molecule has 1 amide bonds. The molecule has 4 nitrogen and oxygen atoms in total. The maximum atomic E-state index is 11.7. The maximum absolute atomic E-state index is 11.7. The fourth-order valence-corrected chi connectivity index (χ4v) is 2.20. The van der Waals surface area contributed by atoms with E-state index in [2.05, 4.69) is 5.32 Å². The van der Waals surface area contributed by atoms with E-state index >= 15 is 0 Å². The number of hydrogen-bond acceptors (Lipinski definition) is 3. The summed E-state index contributed by atoms with van der Waals surface area (Å²) in [6.07, 6.45) is 2.45. The Morgan fingerprint density at radius 1 is 1.20 bits per heavy atom. The molecule has 0 atom stereocenters. The zero-order valence-electron chi connectivity index (χ0n) is 11.3. The highest BCUT2D eigenvalue weighted by Crippen LogP contribution is 2.30. The zero-order chi connectivity index (χ0) is 13.9. The number of amides is 1. The van der Waals surface area contributed by atoms with Crippen molar-refractivity contribution in [3.63, 3.8) is 0 Å². The SMILES string of the molecule is Nc1ccc(OCC(=O)NCC2CC2)c2ccccc12. The first-order chi connectivity index (χ1) is 9.74. The molecule has 1 saturated carbocycles. The summed E-state index contributed by atoms with van der Waals surface area (Å²) in [7, 11) is 0. The van der Waals surface area contributed by atoms with Gasteiger partial charge in [0.05, 0.1) is 0 Å². The van der Waals surface area contributed by atoms with Crippen molar-refractivity contribution >= 4 is 22.4 Å². The highest BCUT2D eigenvalue weighted by atomic mass is 16.5. The van der Waals surface area contributed by atoms with Crippen LogP contribution in [0.1, 0.15) is 12.8 Å². The molecular formula is C16H18N2O2. The van der Waals surface area contributed by atoms with Gasteiger partial charge in [0, 0.05) is 23.0 Å². The summed E-state index contributed by atoms with van der Waals surface area (Å²) in [6.45, 7) is 0.811. The van der Waals surface area contributed by atoms with Crippen molar-refractivity contribution in [3.05, 3.63) is 36.4 Å². The van der Waals surface area contributed by atoms with Crippen LogP contribution in [-0.4, -0.2) is 19.1 Å². The van der Waals surface area contributed by atoms with Gasteiger partial charge in [0.15, 0.2) is 6.61 Å². The van der Waals surface area contributed by atoms with E-state index in [0.717, 1.165) is 17.3 Å². The van der Waals surface area contributed by atoms with Gasteiger partial charge in [-0.2, -0.15) is 0 Å². The Labute approximate surface area is 117 Å². The number of benzene rings is 2. The smallest absolute Gasteiger partial charge is 0.257 e. The van der Waals surface area contributed by atoms with Gasteiger partial charge in [-0.1, -0.05) is 24.3 Å². The van der Waals surface area contributed by atoms with Gasteiger partial charge in [0.1, 0.15) is 5.75 Å². The van der Waals surface area contributed by atoms with Gasteiger partial charge in [-0.3, -0.25) is 4.79 Å². The van der Waals surface area contributed by atoms with Crippen LogP contribution in [0.2, 0.25) is 0 Å². The first kappa shape index (κ1) is 12.8. The van der Waals surface area contributed by atoms with Crippen LogP contribution in [0, 0.1) is 5.92 Å². The minimum atomic E-state index is -0.0715. The Kier molecular flexibility index (Phi) is 3.46. The second kappa shape index (κ2) is 5.41. The van der Waals surface area contributed by atoms with Crippen LogP contribution in [0.4, 0.5) is 5.69 Å². The Morgan fingerprint density at radius 3 is 2.70 bits per heavy atom. The molecular weight excluding hydrogens is 252 g/mol. The lowest BCUT2D eigenvalue weighted by atomic mass is 10.1. The number of carbonyl (C=O) groups excluding carboxylic acids is 1. The Bertz CT molecular complexity index is 635. The molecule has 2 aromatic carbocycles. The average Bonchev–Trinajstić information content (AvgIpc) is 3.29. The summed E-state index contributed by atoms with van der Waals surface area (Å²) in [5, 5.41) is 4.77. The van der Waals surface area contributed by atoms with E-state index in [1.165, 1.54) is 12.8 Å². The molecule has 0 heterocycles. The van der Waals surface area contributed by atoms with Crippen LogP contribution < -0.4 is 15.8 Å². The number of hydrogen-bond donors (Lipinski definition) is 2. The van der Waals surface area contributed by atoms with Crippen LogP contribution in [-0.2, 0) is 4.79 Å². The number of carbonyl (C=O) groups is 1. The Morgan fingerprint density at radius 2 is 1.95 bits per heavy atom. The van der Waals surface area contributed by atoms with E-state index in [1.54, 1.807) is 6.07 Å².